The van der Waals surface area contributed by atoms with Gasteiger partial charge < -0.3 is 5.32 Å². The Hall–Kier alpha value is -2.68. The maximum Gasteiger partial charge on any atom is 0.123 e. The normalized spacial score (nSPS) is 10.6. The largest absolute Gasteiger partial charge is 0.387 e. The highest BCUT2D eigenvalue weighted by atomic mass is 19.1. The van der Waals surface area contributed by atoms with Gasteiger partial charge in [-0.05, 0) is 60.0 Å². The Bertz CT molecular complexity index is 755. The van der Waals surface area contributed by atoms with Gasteiger partial charge in [0.05, 0.1) is 0 Å². The van der Waals surface area contributed by atoms with Crippen molar-refractivity contribution >= 4 is 5.69 Å². The third-order valence-electron chi connectivity index (χ3n) is 3.84. The van der Waals surface area contributed by atoms with Crippen LogP contribution < -0.4 is 5.32 Å². The zero-order chi connectivity index (χ0) is 16.4. The molecule has 0 aromatic heterocycles. The minimum absolute atomic E-state index is 0.258. The lowest BCUT2D eigenvalue weighted by Gasteiger charge is -2.17. The third-order valence-corrected chi connectivity index (χ3v) is 3.84. The van der Waals surface area contributed by atoms with E-state index in [0.717, 1.165) is 33.5 Å². The number of halogens is 2. The van der Waals surface area contributed by atoms with Gasteiger partial charge in [0.1, 0.15) is 11.6 Å². The fourth-order valence-corrected chi connectivity index (χ4v) is 2.77. The standard InChI is InChI=1S/C20H17F2N/c1-13-11-18(14-3-7-16(21)8-4-14)20(23-2)19(12-13)15-5-9-17(22)10-6-15/h3-12,23H,1-2H3. The topological polar surface area (TPSA) is 12.0 Å². The fraction of sp³-hybridized carbons (Fsp3) is 0.100. The first-order chi connectivity index (χ1) is 11.1. The molecule has 0 fully saturated rings. The molecule has 0 saturated carbocycles. The summed E-state index contributed by atoms with van der Waals surface area (Å²) < 4.78 is 26.4. The molecule has 0 atom stereocenters. The zero-order valence-electron chi connectivity index (χ0n) is 13.0. The van der Waals surface area contributed by atoms with Gasteiger partial charge >= 0.3 is 0 Å². The molecule has 0 aliphatic rings. The van der Waals surface area contributed by atoms with Gasteiger partial charge in [0.25, 0.3) is 0 Å². The van der Waals surface area contributed by atoms with Crippen LogP contribution >= 0.6 is 0 Å². The minimum Gasteiger partial charge on any atom is -0.387 e. The molecule has 0 saturated heterocycles. The predicted octanol–water partition coefficient (Wildman–Crippen LogP) is 5.65. The third kappa shape index (κ3) is 3.09. The number of nitrogens with one attached hydrogen (secondary N) is 1. The molecule has 0 radical (unpaired) electrons. The Balaban J connectivity index is 2.21. The number of aryl methyl sites for hydroxylation is 1. The molecule has 3 aromatic rings. The summed E-state index contributed by atoms with van der Waals surface area (Å²) in [4.78, 5) is 0. The van der Waals surface area contributed by atoms with E-state index in [1.807, 2.05) is 14.0 Å². The first-order valence-corrected chi connectivity index (χ1v) is 7.43. The van der Waals surface area contributed by atoms with Crippen LogP contribution in [0, 0.1) is 18.6 Å². The summed E-state index contributed by atoms with van der Waals surface area (Å²) in [5.41, 5.74) is 5.88. The molecule has 0 heterocycles. The van der Waals surface area contributed by atoms with Crippen molar-refractivity contribution in [2.75, 3.05) is 12.4 Å². The van der Waals surface area contributed by atoms with Crippen molar-refractivity contribution in [3.63, 3.8) is 0 Å². The summed E-state index contributed by atoms with van der Waals surface area (Å²) in [6, 6.07) is 17.0. The highest BCUT2D eigenvalue weighted by molar-refractivity contribution is 5.91. The summed E-state index contributed by atoms with van der Waals surface area (Å²) in [5, 5.41) is 3.23. The van der Waals surface area contributed by atoms with Crippen LogP contribution in [-0.2, 0) is 0 Å². The zero-order valence-corrected chi connectivity index (χ0v) is 13.0. The summed E-state index contributed by atoms with van der Waals surface area (Å²) in [6.07, 6.45) is 0. The fourth-order valence-electron chi connectivity index (χ4n) is 2.77. The van der Waals surface area contributed by atoms with Crippen LogP contribution in [0.1, 0.15) is 5.56 Å². The maximum atomic E-state index is 13.2. The van der Waals surface area contributed by atoms with E-state index in [1.165, 1.54) is 24.3 Å². The molecule has 116 valence electrons. The van der Waals surface area contributed by atoms with Gasteiger partial charge in [0.2, 0.25) is 0 Å². The number of hydrogen-bond acceptors (Lipinski definition) is 1. The van der Waals surface area contributed by atoms with E-state index in [4.69, 9.17) is 0 Å². The molecule has 0 amide bonds. The molecule has 3 rings (SSSR count). The van der Waals surface area contributed by atoms with E-state index in [1.54, 1.807) is 24.3 Å². The van der Waals surface area contributed by atoms with E-state index in [-0.39, 0.29) is 11.6 Å². The predicted molar refractivity (Wildman–Crippen MR) is 91.5 cm³/mol. The van der Waals surface area contributed by atoms with Crippen molar-refractivity contribution in [2.45, 2.75) is 6.92 Å². The molecule has 1 N–H and O–H groups in total. The van der Waals surface area contributed by atoms with Gasteiger partial charge in [-0.2, -0.15) is 0 Å². The summed E-state index contributed by atoms with van der Waals surface area (Å²) in [7, 11) is 1.85. The van der Waals surface area contributed by atoms with E-state index in [0.29, 0.717) is 0 Å². The molecular formula is C20H17F2N. The second-order valence-electron chi connectivity index (χ2n) is 5.50. The molecule has 0 spiro atoms. The summed E-state index contributed by atoms with van der Waals surface area (Å²) in [5.74, 6) is -0.516. The molecule has 3 aromatic carbocycles. The molecule has 0 unspecified atom stereocenters. The van der Waals surface area contributed by atoms with E-state index < -0.39 is 0 Å². The lowest BCUT2D eigenvalue weighted by atomic mass is 9.93. The van der Waals surface area contributed by atoms with Gasteiger partial charge in [-0.1, -0.05) is 24.3 Å². The Labute approximate surface area is 134 Å². The molecular weight excluding hydrogens is 292 g/mol. The van der Waals surface area contributed by atoms with Crippen molar-refractivity contribution < 1.29 is 8.78 Å². The van der Waals surface area contributed by atoms with Crippen LogP contribution in [0.15, 0.2) is 60.7 Å². The minimum atomic E-state index is -0.258. The smallest absolute Gasteiger partial charge is 0.123 e. The van der Waals surface area contributed by atoms with Crippen LogP contribution in [0.5, 0.6) is 0 Å². The van der Waals surface area contributed by atoms with Gasteiger partial charge in [-0.3, -0.25) is 0 Å². The first-order valence-electron chi connectivity index (χ1n) is 7.43. The highest BCUT2D eigenvalue weighted by Gasteiger charge is 2.12. The quantitative estimate of drug-likeness (QED) is 0.659. The molecule has 1 nitrogen and oxygen atoms in total. The number of benzene rings is 3. The van der Waals surface area contributed by atoms with Gasteiger partial charge in [0, 0.05) is 23.9 Å². The van der Waals surface area contributed by atoms with E-state index in [9.17, 15) is 8.78 Å². The molecule has 3 heteroatoms. The number of hydrogen-bond donors (Lipinski definition) is 1. The van der Waals surface area contributed by atoms with Crippen LogP contribution in [0.2, 0.25) is 0 Å². The SMILES string of the molecule is CNc1c(-c2ccc(F)cc2)cc(C)cc1-c1ccc(F)cc1. The monoisotopic (exact) mass is 309 g/mol. The average molecular weight is 309 g/mol. The van der Waals surface area contributed by atoms with Crippen molar-refractivity contribution in [3.05, 3.63) is 77.9 Å². The molecule has 0 bridgehead atoms. The van der Waals surface area contributed by atoms with Gasteiger partial charge in [-0.25, -0.2) is 8.78 Å². The van der Waals surface area contributed by atoms with Crippen molar-refractivity contribution in [2.24, 2.45) is 0 Å². The van der Waals surface area contributed by atoms with Crippen LogP contribution in [-0.4, -0.2) is 7.05 Å². The number of rotatable bonds is 3. The lowest BCUT2D eigenvalue weighted by Crippen LogP contribution is -1.97. The Morgan fingerprint density at radius 3 is 1.43 bits per heavy atom. The molecule has 0 aliphatic heterocycles. The summed E-state index contributed by atoms with van der Waals surface area (Å²) in [6.45, 7) is 2.01. The maximum absolute atomic E-state index is 13.2. The Morgan fingerprint density at radius 1 is 0.696 bits per heavy atom. The van der Waals surface area contributed by atoms with Crippen molar-refractivity contribution in [1.29, 1.82) is 0 Å². The van der Waals surface area contributed by atoms with Crippen LogP contribution in [0.4, 0.5) is 14.5 Å². The first kappa shape index (κ1) is 15.2. The second kappa shape index (κ2) is 6.21. The van der Waals surface area contributed by atoms with Crippen molar-refractivity contribution in [1.82, 2.24) is 0 Å². The van der Waals surface area contributed by atoms with Crippen LogP contribution in [0.3, 0.4) is 0 Å². The second-order valence-corrected chi connectivity index (χ2v) is 5.50. The average Bonchev–Trinajstić information content (AvgIpc) is 2.55. The summed E-state index contributed by atoms with van der Waals surface area (Å²) >= 11 is 0. The Morgan fingerprint density at radius 2 is 1.09 bits per heavy atom. The van der Waals surface area contributed by atoms with Crippen molar-refractivity contribution in [3.8, 4) is 22.3 Å². The Kier molecular flexibility index (Phi) is 4.11. The van der Waals surface area contributed by atoms with Gasteiger partial charge in [-0.15, -0.1) is 0 Å². The van der Waals surface area contributed by atoms with E-state index in [2.05, 4.69) is 17.4 Å². The van der Waals surface area contributed by atoms with Gasteiger partial charge in [0.15, 0.2) is 0 Å². The van der Waals surface area contributed by atoms with E-state index >= 15 is 0 Å². The number of anilines is 1. The highest BCUT2D eigenvalue weighted by Crippen LogP contribution is 2.38. The molecule has 0 aliphatic carbocycles. The lowest BCUT2D eigenvalue weighted by molar-refractivity contribution is 0.627. The molecule has 23 heavy (non-hydrogen) atoms. The van der Waals surface area contributed by atoms with Crippen LogP contribution in [0.25, 0.3) is 22.3 Å².